The van der Waals surface area contributed by atoms with Crippen LogP contribution in [0.3, 0.4) is 0 Å². The van der Waals surface area contributed by atoms with Crippen LogP contribution in [0.2, 0.25) is 0 Å². The third kappa shape index (κ3) is 3.49. The van der Waals surface area contributed by atoms with E-state index in [9.17, 15) is 9.59 Å². The first-order valence-corrected chi connectivity index (χ1v) is 7.00. The number of amides is 2. The SMILES string of the molecule is CCCSc1ccc(C#CN2C(=O)C=CC2=O)cc1. The zero-order valence-electron chi connectivity index (χ0n) is 10.6. The van der Waals surface area contributed by atoms with E-state index in [1.54, 1.807) is 11.8 Å². The lowest BCUT2D eigenvalue weighted by molar-refractivity contribution is -0.132. The van der Waals surface area contributed by atoms with Gasteiger partial charge in [-0.2, -0.15) is 4.90 Å². The fourth-order valence-electron chi connectivity index (χ4n) is 1.49. The van der Waals surface area contributed by atoms with Crippen molar-refractivity contribution in [1.29, 1.82) is 0 Å². The van der Waals surface area contributed by atoms with Crippen molar-refractivity contribution in [3.8, 4) is 12.0 Å². The Bertz CT molecular complexity index is 560. The number of carbonyl (C=O) groups is 2. The maximum absolute atomic E-state index is 11.3. The summed E-state index contributed by atoms with van der Waals surface area (Å²) in [4.78, 5) is 24.7. The molecule has 1 aromatic rings. The fourth-order valence-corrected chi connectivity index (χ4v) is 2.25. The molecule has 1 aliphatic heterocycles. The first kappa shape index (κ1) is 13.4. The van der Waals surface area contributed by atoms with Gasteiger partial charge in [0.2, 0.25) is 0 Å². The molecule has 0 aromatic heterocycles. The molecule has 0 aliphatic carbocycles. The molecule has 4 heteroatoms. The van der Waals surface area contributed by atoms with E-state index in [2.05, 4.69) is 18.9 Å². The second kappa shape index (κ2) is 6.26. The molecule has 2 rings (SSSR count). The quantitative estimate of drug-likeness (QED) is 0.481. The number of carbonyl (C=O) groups excluding carboxylic acids is 2. The fraction of sp³-hybridized carbons (Fsp3) is 0.200. The summed E-state index contributed by atoms with van der Waals surface area (Å²) in [5, 5.41) is 0. The molecule has 0 bridgehead atoms. The largest absolute Gasteiger partial charge is 0.268 e. The van der Waals surface area contributed by atoms with E-state index in [-0.39, 0.29) is 11.8 Å². The van der Waals surface area contributed by atoms with Crippen molar-refractivity contribution >= 4 is 23.6 Å². The molecule has 96 valence electrons. The van der Waals surface area contributed by atoms with Gasteiger partial charge in [0.1, 0.15) is 0 Å². The van der Waals surface area contributed by atoms with Gasteiger partial charge in [0.05, 0.1) is 0 Å². The highest BCUT2D eigenvalue weighted by molar-refractivity contribution is 7.99. The normalized spacial score (nSPS) is 13.6. The summed E-state index contributed by atoms with van der Waals surface area (Å²) in [6.45, 7) is 2.14. The second-order valence-corrected chi connectivity index (χ2v) is 5.12. The molecule has 1 aromatic carbocycles. The molecule has 0 unspecified atom stereocenters. The van der Waals surface area contributed by atoms with Crippen LogP contribution < -0.4 is 0 Å². The zero-order valence-corrected chi connectivity index (χ0v) is 11.4. The van der Waals surface area contributed by atoms with E-state index in [1.165, 1.54) is 17.0 Å². The Hall–Kier alpha value is -1.99. The number of hydrogen-bond acceptors (Lipinski definition) is 3. The van der Waals surface area contributed by atoms with Gasteiger partial charge in [-0.3, -0.25) is 9.59 Å². The minimum atomic E-state index is -0.382. The number of thioether (sulfide) groups is 1. The van der Waals surface area contributed by atoms with Gasteiger partial charge in [-0.25, -0.2) is 0 Å². The summed E-state index contributed by atoms with van der Waals surface area (Å²) >= 11 is 1.80. The molecule has 2 amide bonds. The smallest absolute Gasteiger partial charge is 0.265 e. The Morgan fingerprint density at radius 2 is 1.74 bits per heavy atom. The van der Waals surface area contributed by atoms with Crippen molar-refractivity contribution in [3.63, 3.8) is 0 Å². The zero-order chi connectivity index (χ0) is 13.7. The van der Waals surface area contributed by atoms with Crippen LogP contribution in [0.5, 0.6) is 0 Å². The molecular formula is C15H13NO2S. The van der Waals surface area contributed by atoms with Crippen molar-refractivity contribution < 1.29 is 9.59 Å². The van der Waals surface area contributed by atoms with Gasteiger partial charge in [-0.1, -0.05) is 6.92 Å². The van der Waals surface area contributed by atoms with Gasteiger partial charge in [0.25, 0.3) is 11.8 Å². The van der Waals surface area contributed by atoms with E-state index in [0.717, 1.165) is 22.6 Å². The van der Waals surface area contributed by atoms with Crippen LogP contribution in [0.1, 0.15) is 18.9 Å². The maximum Gasteiger partial charge on any atom is 0.265 e. The molecule has 0 atom stereocenters. The van der Waals surface area contributed by atoms with Crippen molar-refractivity contribution in [2.24, 2.45) is 0 Å². The van der Waals surface area contributed by atoms with Gasteiger partial charge in [-0.15, -0.1) is 11.8 Å². The monoisotopic (exact) mass is 271 g/mol. The standard InChI is InChI=1S/C15H13NO2S/c1-2-11-19-13-5-3-12(4-6-13)9-10-16-14(17)7-8-15(16)18/h3-8H,2,11H2,1H3. The second-order valence-electron chi connectivity index (χ2n) is 3.95. The highest BCUT2D eigenvalue weighted by atomic mass is 32.2. The number of hydrogen-bond donors (Lipinski definition) is 0. The predicted molar refractivity (Wildman–Crippen MR) is 75.3 cm³/mol. The lowest BCUT2D eigenvalue weighted by Crippen LogP contribution is -2.24. The van der Waals surface area contributed by atoms with Crippen LogP contribution >= 0.6 is 11.8 Å². The van der Waals surface area contributed by atoms with Gasteiger partial charge in [0.15, 0.2) is 0 Å². The molecule has 1 heterocycles. The van der Waals surface area contributed by atoms with Crippen LogP contribution in [-0.4, -0.2) is 22.5 Å². The van der Waals surface area contributed by atoms with E-state index in [0.29, 0.717) is 0 Å². The van der Waals surface area contributed by atoms with Crippen LogP contribution in [0.25, 0.3) is 0 Å². The van der Waals surface area contributed by atoms with Gasteiger partial charge < -0.3 is 0 Å². The topological polar surface area (TPSA) is 37.4 Å². The Balaban J connectivity index is 2.04. The Kier molecular flexibility index (Phi) is 4.43. The van der Waals surface area contributed by atoms with E-state index in [4.69, 9.17) is 0 Å². The molecule has 1 aliphatic rings. The summed E-state index contributed by atoms with van der Waals surface area (Å²) in [6.07, 6.45) is 3.58. The highest BCUT2D eigenvalue weighted by Gasteiger charge is 2.21. The Labute approximate surface area is 116 Å². The van der Waals surface area contributed by atoms with E-state index >= 15 is 0 Å². The van der Waals surface area contributed by atoms with Crippen molar-refractivity contribution in [2.45, 2.75) is 18.2 Å². The summed E-state index contributed by atoms with van der Waals surface area (Å²) in [5.74, 6) is 3.14. The molecule has 0 fully saturated rings. The van der Waals surface area contributed by atoms with E-state index in [1.807, 2.05) is 24.3 Å². The Morgan fingerprint density at radius 3 is 2.32 bits per heavy atom. The number of nitrogens with zero attached hydrogens (tertiary/aromatic N) is 1. The average Bonchev–Trinajstić information content (AvgIpc) is 2.75. The highest BCUT2D eigenvalue weighted by Crippen LogP contribution is 2.18. The maximum atomic E-state index is 11.3. The minimum Gasteiger partial charge on any atom is -0.268 e. The summed E-state index contributed by atoms with van der Waals surface area (Å²) in [7, 11) is 0. The molecule has 0 N–H and O–H groups in total. The van der Waals surface area contributed by atoms with Crippen molar-refractivity contribution in [1.82, 2.24) is 4.90 Å². The molecule has 19 heavy (non-hydrogen) atoms. The third-order valence-corrected chi connectivity index (χ3v) is 3.67. The van der Waals surface area contributed by atoms with Gasteiger partial charge in [-0.05, 0) is 42.4 Å². The minimum absolute atomic E-state index is 0.382. The third-order valence-electron chi connectivity index (χ3n) is 2.45. The van der Waals surface area contributed by atoms with Gasteiger partial charge in [0, 0.05) is 28.7 Å². The van der Waals surface area contributed by atoms with Gasteiger partial charge >= 0.3 is 0 Å². The number of rotatable bonds is 3. The lowest BCUT2D eigenvalue weighted by Gasteiger charge is -2.02. The molecule has 0 spiro atoms. The summed E-state index contributed by atoms with van der Waals surface area (Å²) < 4.78 is 0. The molecule has 0 radical (unpaired) electrons. The van der Waals surface area contributed by atoms with Crippen molar-refractivity contribution in [2.75, 3.05) is 5.75 Å². The first-order chi connectivity index (χ1) is 9.20. The molecule has 0 saturated carbocycles. The average molecular weight is 271 g/mol. The summed E-state index contributed by atoms with van der Waals surface area (Å²) in [5.41, 5.74) is 0.786. The molecule has 3 nitrogen and oxygen atoms in total. The van der Waals surface area contributed by atoms with E-state index < -0.39 is 0 Å². The number of benzene rings is 1. The first-order valence-electron chi connectivity index (χ1n) is 6.01. The molecular weight excluding hydrogens is 258 g/mol. The van der Waals surface area contributed by atoms with Crippen LogP contribution in [0.15, 0.2) is 41.3 Å². The molecule has 0 saturated heterocycles. The Morgan fingerprint density at radius 1 is 1.11 bits per heavy atom. The predicted octanol–water partition coefficient (Wildman–Crippen LogP) is 2.42. The van der Waals surface area contributed by atoms with Crippen molar-refractivity contribution in [3.05, 3.63) is 42.0 Å². The van der Waals surface area contributed by atoms with Crippen LogP contribution in [-0.2, 0) is 9.59 Å². The van der Waals surface area contributed by atoms with Crippen LogP contribution in [0, 0.1) is 12.0 Å². The number of imide groups is 1. The van der Waals surface area contributed by atoms with Crippen LogP contribution in [0.4, 0.5) is 0 Å². The summed E-state index contributed by atoms with van der Waals surface area (Å²) in [6, 6.07) is 10.4. The lowest BCUT2D eigenvalue weighted by atomic mass is 10.2.